The molecule has 2 aromatic rings. The van der Waals surface area contributed by atoms with E-state index in [4.69, 9.17) is 16.3 Å². The molecule has 104 valence electrons. The SMILES string of the molecule is COc1cccc2c1nc(CCl)n2CC(C)N(C)C. The molecule has 0 bridgehead atoms. The number of methoxy groups -OCH3 is 1. The Morgan fingerprint density at radius 2 is 2.16 bits per heavy atom. The van der Waals surface area contributed by atoms with Crippen molar-refractivity contribution in [3.63, 3.8) is 0 Å². The van der Waals surface area contributed by atoms with E-state index in [1.54, 1.807) is 7.11 Å². The number of nitrogens with zero attached hydrogens (tertiary/aromatic N) is 3. The molecule has 2 rings (SSSR count). The normalized spacial score (nSPS) is 13.2. The minimum atomic E-state index is 0.401. The van der Waals surface area contributed by atoms with Crippen molar-refractivity contribution in [2.75, 3.05) is 21.2 Å². The second-order valence-electron chi connectivity index (χ2n) is 4.91. The van der Waals surface area contributed by atoms with E-state index in [1.807, 2.05) is 12.1 Å². The van der Waals surface area contributed by atoms with Gasteiger partial charge in [-0.3, -0.25) is 0 Å². The van der Waals surface area contributed by atoms with E-state index < -0.39 is 0 Å². The molecule has 1 unspecified atom stereocenters. The Labute approximate surface area is 118 Å². The molecule has 0 aliphatic heterocycles. The van der Waals surface area contributed by atoms with Gasteiger partial charge in [0.1, 0.15) is 17.1 Å². The standard InChI is InChI=1S/C14H20ClN3O/c1-10(17(2)3)9-18-11-6-5-7-12(19-4)14(11)16-13(18)8-15/h5-7,10H,8-9H2,1-4H3. The largest absolute Gasteiger partial charge is 0.494 e. The van der Waals surface area contributed by atoms with Crippen LogP contribution < -0.4 is 4.74 Å². The van der Waals surface area contributed by atoms with Crippen molar-refractivity contribution < 1.29 is 4.74 Å². The summed E-state index contributed by atoms with van der Waals surface area (Å²) in [7, 11) is 5.81. The molecule has 0 N–H and O–H groups in total. The summed E-state index contributed by atoms with van der Waals surface area (Å²) >= 11 is 6.02. The molecule has 0 radical (unpaired) electrons. The number of halogens is 1. The lowest BCUT2D eigenvalue weighted by Crippen LogP contribution is -2.29. The lowest BCUT2D eigenvalue weighted by atomic mass is 10.2. The predicted octanol–water partition coefficient (Wildman–Crippen LogP) is 2.73. The van der Waals surface area contributed by atoms with Crippen LogP contribution in [0, 0.1) is 0 Å². The van der Waals surface area contributed by atoms with Gasteiger partial charge < -0.3 is 14.2 Å². The number of alkyl halides is 1. The zero-order valence-electron chi connectivity index (χ0n) is 11.9. The number of para-hydroxylation sites is 1. The average Bonchev–Trinajstić information content (AvgIpc) is 2.76. The second-order valence-corrected chi connectivity index (χ2v) is 5.18. The summed E-state index contributed by atoms with van der Waals surface area (Å²) in [6.07, 6.45) is 0. The van der Waals surface area contributed by atoms with Crippen LogP contribution in [0.15, 0.2) is 18.2 Å². The first-order chi connectivity index (χ1) is 9.08. The van der Waals surface area contributed by atoms with Gasteiger partial charge in [0.05, 0.1) is 18.5 Å². The number of imidazole rings is 1. The Morgan fingerprint density at radius 3 is 2.74 bits per heavy atom. The third kappa shape index (κ3) is 2.69. The number of hydrogen-bond donors (Lipinski definition) is 0. The first kappa shape index (κ1) is 14.2. The third-order valence-electron chi connectivity index (χ3n) is 3.49. The fourth-order valence-corrected chi connectivity index (χ4v) is 2.27. The van der Waals surface area contributed by atoms with Crippen molar-refractivity contribution in [3.8, 4) is 5.75 Å². The van der Waals surface area contributed by atoms with Crippen molar-refractivity contribution in [3.05, 3.63) is 24.0 Å². The first-order valence-electron chi connectivity index (χ1n) is 6.33. The molecule has 1 heterocycles. The zero-order valence-corrected chi connectivity index (χ0v) is 12.6. The van der Waals surface area contributed by atoms with Gasteiger partial charge >= 0.3 is 0 Å². The minimum absolute atomic E-state index is 0.401. The van der Waals surface area contributed by atoms with Gasteiger partial charge in [0.2, 0.25) is 0 Å². The van der Waals surface area contributed by atoms with Gasteiger partial charge in [-0.05, 0) is 33.2 Å². The van der Waals surface area contributed by atoms with Crippen LogP contribution in [-0.2, 0) is 12.4 Å². The number of benzene rings is 1. The van der Waals surface area contributed by atoms with E-state index in [2.05, 4.69) is 41.5 Å². The second kappa shape index (κ2) is 5.80. The highest BCUT2D eigenvalue weighted by Gasteiger charge is 2.16. The molecule has 1 aromatic heterocycles. The molecule has 1 atom stereocenters. The molecule has 0 saturated carbocycles. The molecule has 0 spiro atoms. The lowest BCUT2D eigenvalue weighted by Gasteiger charge is -2.21. The van der Waals surface area contributed by atoms with Crippen molar-refractivity contribution in [1.29, 1.82) is 0 Å². The van der Waals surface area contributed by atoms with Crippen LogP contribution in [-0.4, -0.2) is 41.7 Å². The Balaban J connectivity index is 2.52. The van der Waals surface area contributed by atoms with Crippen molar-refractivity contribution in [2.45, 2.75) is 25.4 Å². The van der Waals surface area contributed by atoms with Gasteiger partial charge in [-0.15, -0.1) is 11.6 Å². The number of aromatic nitrogens is 2. The highest BCUT2D eigenvalue weighted by Crippen LogP contribution is 2.26. The molecular formula is C14H20ClN3O. The van der Waals surface area contributed by atoms with Crippen LogP contribution >= 0.6 is 11.6 Å². The number of rotatable bonds is 5. The summed E-state index contributed by atoms with van der Waals surface area (Å²) in [5.74, 6) is 2.08. The Morgan fingerprint density at radius 1 is 1.42 bits per heavy atom. The van der Waals surface area contributed by atoms with Gasteiger partial charge in [0.25, 0.3) is 0 Å². The molecule has 4 nitrogen and oxygen atoms in total. The summed E-state index contributed by atoms with van der Waals surface area (Å²) in [5.41, 5.74) is 1.95. The van der Waals surface area contributed by atoms with Crippen LogP contribution in [0.1, 0.15) is 12.7 Å². The highest BCUT2D eigenvalue weighted by atomic mass is 35.5. The molecule has 0 aliphatic carbocycles. The molecule has 19 heavy (non-hydrogen) atoms. The third-order valence-corrected chi connectivity index (χ3v) is 3.73. The van der Waals surface area contributed by atoms with E-state index >= 15 is 0 Å². The quantitative estimate of drug-likeness (QED) is 0.790. The fourth-order valence-electron chi connectivity index (χ4n) is 2.07. The number of likely N-dealkylation sites (N-methyl/N-ethyl adjacent to an activating group) is 1. The van der Waals surface area contributed by atoms with Crippen LogP contribution in [0.2, 0.25) is 0 Å². The maximum absolute atomic E-state index is 6.02. The van der Waals surface area contributed by atoms with Gasteiger partial charge in [0, 0.05) is 12.6 Å². The van der Waals surface area contributed by atoms with E-state index in [1.165, 1.54) is 0 Å². The average molecular weight is 282 g/mol. The Hall–Kier alpha value is -1.26. The van der Waals surface area contributed by atoms with Crippen LogP contribution in [0.3, 0.4) is 0 Å². The summed E-state index contributed by atoms with van der Waals surface area (Å²) in [6, 6.07) is 6.37. The van der Waals surface area contributed by atoms with Gasteiger partial charge in [-0.2, -0.15) is 0 Å². The smallest absolute Gasteiger partial charge is 0.146 e. The molecule has 5 heteroatoms. The summed E-state index contributed by atoms with van der Waals surface area (Å²) in [5, 5.41) is 0. The monoisotopic (exact) mass is 281 g/mol. The Kier molecular flexibility index (Phi) is 4.32. The maximum Gasteiger partial charge on any atom is 0.146 e. The molecule has 1 aromatic carbocycles. The van der Waals surface area contributed by atoms with E-state index in [-0.39, 0.29) is 0 Å². The van der Waals surface area contributed by atoms with E-state index in [0.717, 1.165) is 29.2 Å². The fraction of sp³-hybridized carbons (Fsp3) is 0.500. The molecular weight excluding hydrogens is 262 g/mol. The number of ether oxygens (including phenoxy) is 1. The van der Waals surface area contributed by atoms with E-state index in [9.17, 15) is 0 Å². The van der Waals surface area contributed by atoms with E-state index in [0.29, 0.717) is 11.9 Å². The number of hydrogen-bond acceptors (Lipinski definition) is 3. The summed E-state index contributed by atoms with van der Waals surface area (Å²) in [6.45, 7) is 3.04. The van der Waals surface area contributed by atoms with Crippen LogP contribution in [0.25, 0.3) is 11.0 Å². The predicted molar refractivity (Wildman–Crippen MR) is 79.0 cm³/mol. The van der Waals surface area contributed by atoms with Crippen molar-refractivity contribution in [1.82, 2.24) is 14.5 Å². The van der Waals surface area contributed by atoms with Crippen LogP contribution in [0.4, 0.5) is 0 Å². The van der Waals surface area contributed by atoms with Crippen molar-refractivity contribution >= 4 is 22.6 Å². The minimum Gasteiger partial charge on any atom is -0.494 e. The highest BCUT2D eigenvalue weighted by molar-refractivity contribution is 6.16. The Bertz CT molecular complexity index is 565. The maximum atomic E-state index is 6.02. The number of fused-ring (bicyclic) bond motifs is 1. The first-order valence-corrected chi connectivity index (χ1v) is 6.86. The molecule has 0 amide bonds. The zero-order chi connectivity index (χ0) is 14.0. The topological polar surface area (TPSA) is 30.3 Å². The summed E-state index contributed by atoms with van der Waals surface area (Å²) < 4.78 is 7.54. The summed E-state index contributed by atoms with van der Waals surface area (Å²) in [4.78, 5) is 6.79. The molecule has 0 fully saturated rings. The molecule has 0 saturated heterocycles. The molecule has 0 aliphatic rings. The van der Waals surface area contributed by atoms with Gasteiger partial charge in [-0.25, -0.2) is 4.98 Å². The van der Waals surface area contributed by atoms with Crippen LogP contribution in [0.5, 0.6) is 5.75 Å². The van der Waals surface area contributed by atoms with Crippen molar-refractivity contribution in [2.24, 2.45) is 0 Å². The van der Waals surface area contributed by atoms with Gasteiger partial charge in [0.15, 0.2) is 0 Å². The lowest BCUT2D eigenvalue weighted by molar-refractivity contribution is 0.284. The van der Waals surface area contributed by atoms with Gasteiger partial charge in [-0.1, -0.05) is 6.07 Å².